The summed E-state index contributed by atoms with van der Waals surface area (Å²) in [6.45, 7) is 4.96. The summed E-state index contributed by atoms with van der Waals surface area (Å²) in [4.78, 5) is 3.37. The summed E-state index contributed by atoms with van der Waals surface area (Å²) in [6.07, 6.45) is 6.96. The molecule has 214 valence electrons. The highest BCUT2D eigenvalue weighted by molar-refractivity contribution is 7.92. The van der Waals surface area contributed by atoms with Crippen LogP contribution >= 0.6 is 0 Å². The summed E-state index contributed by atoms with van der Waals surface area (Å²) in [6, 6.07) is 22.1. The van der Waals surface area contributed by atoms with Crippen molar-refractivity contribution in [1.82, 2.24) is 15.6 Å². The maximum atomic E-state index is 12.9. The number of sulfonamides is 1. The van der Waals surface area contributed by atoms with Gasteiger partial charge < -0.3 is 26.0 Å². The van der Waals surface area contributed by atoms with E-state index in [1.54, 1.807) is 36.4 Å². The predicted molar refractivity (Wildman–Crippen MR) is 164 cm³/mol. The molecule has 0 aliphatic carbocycles. The van der Waals surface area contributed by atoms with Crippen LogP contribution in [0.3, 0.4) is 0 Å². The lowest BCUT2D eigenvalue weighted by molar-refractivity contribution is 0.175. The van der Waals surface area contributed by atoms with E-state index in [9.17, 15) is 13.5 Å². The van der Waals surface area contributed by atoms with Crippen LogP contribution in [0.4, 0.5) is 11.4 Å². The normalized spacial score (nSPS) is 12.4. The van der Waals surface area contributed by atoms with Crippen molar-refractivity contribution in [2.75, 3.05) is 36.3 Å². The Morgan fingerprint density at radius 3 is 2.40 bits per heavy atom. The number of hydrogen-bond donors (Lipinski definition) is 6. The van der Waals surface area contributed by atoms with Crippen LogP contribution < -0.4 is 20.7 Å². The Hall–Kier alpha value is -3.37. The van der Waals surface area contributed by atoms with Gasteiger partial charge in [-0.15, -0.1) is 0 Å². The molecule has 3 aromatic carbocycles. The lowest BCUT2D eigenvalue weighted by Crippen LogP contribution is -2.23. The van der Waals surface area contributed by atoms with Gasteiger partial charge in [0.25, 0.3) is 10.0 Å². The van der Waals surface area contributed by atoms with Crippen LogP contribution in [0, 0.1) is 0 Å². The number of rotatable bonds is 17. The van der Waals surface area contributed by atoms with Gasteiger partial charge >= 0.3 is 0 Å². The Bertz CT molecular complexity index is 1420. The molecule has 4 rings (SSSR count). The van der Waals surface area contributed by atoms with E-state index in [0.717, 1.165) is 47.1 Å². The number of hydrogen-bond acceptors (Lipinski definition) is 6. The number of H-pyrrole nitrogens is 1. The van der Waals surface area contributed by atoms with Gasteiger partial charge in [0.1, 0.15) is 0 Å². The lowest BCUT2D eigenvalue weighted by Gasteiger charge is -2.13. The van der Waals surface area contributed by atoms with E-state index in [0.29, 0.717) is 25.4 Å². The molecule has 6 N–H and O–H groups in total. The van der Waals surface area contributed by atoms with E-state index in [2.05, 4.69) is 32.6 Å². The highest BCUT2D eigenvalue weighted by atomic mass is 32.2. The molecular weight excluding hydrogens is 522 g/mol. The monoisotopic (exact) mass is 563 g/mol. The molecule has 1 aromatic heterocycles. The van der Waals surface area contributed by atoms with Gasteiger partial charge in [0, 0.05) is 29.6 Å². The highest BCUT2D eigenvalue weighted by Crippen LogP contribution is 2.20. The molecule has 1 heterocycles. The first-order chi connectivity index (χ1) is 19.4. The van der Waals surface area contributed by atoms with Crippen molar-refractivity contribution in [2.45, 2.75) is 50.0 Å². The first-order valence-electron chi connectivity index (χ1n) is 14.1. The van der Waals surface area contributed by atoms with Gasteiger partial charge in [-0.05, 0) is 97.0 Å². The Balaban J connectivity index is 1.18. The van der Waals surface area contributed by atoms with Gasteiger partial charge in [0.2, 0.25) is 0 Å². The third-order valence-corrected chi connectivity index (χ3v) is 8.28. The smallest absolute Gasteiger partial charge is 0.261 e. The van der Waals surface area contributed by atoms with Crippen molar-refractivity contribution < 1.29 is 13.5 Å². The molecule has 0 saturated carbocycles. The van der Waals surface area contributed by atoms with Crippen molar-refractivity contribution in [1.29, 1.82) is 0 Å². The summed E-state index contributed by atoms with van der Waals surface area (Å²) in [7, 11) is -3.68. The van der Waals surface area contributed by atoms with E-state index in [1.807, 2.05) is 42.6 Å². The average Bonchev–Trinajstić information content (AvgIpc) is 3.44. The molecule has 0 aliphatic rings. The fourth-order valence-corrected chi connectivity index (χ4v) is 5.56. The fraction of sp³-hybridized carbons (Fsp3) is 0.355. The Kier molecular flexibility index (Phi) is 11.0. The van der Waals surface area contributed by atoms with Crippen molar-refractivity contribution in [3.63, 3.8) is 0 Å². The van der Waals surface area contributed by atoms with E-state index >= 15 is 0 Å². The molecule has 0 bridgehead atoms. The van der Waals surface area contributed by atoms with Gasteiger partial charge in [-0.1, -0.05) is 44.4 Å². The number of unbranched alkanes of at least 4 members (excludes halogenated alkanes) is 3. The summed E-state index contributed by atoms with van der Waals surface area (Å²) in [5, 5.41) is 21.5. The third kappa shape index (κ3) is 8.82. The van der Waals surface area contributed by atoms with Crippen LogP contribution in [0.25, 0.3) is 10.9 Å². The molecule has 9 heteroatoms. The number of fused-ring (bicyclic) bond motifs is 1. The summed E-state index contributed by atoms with van der Waals surface area (Å²) < 4.78 is 28.4. The molecule has 0 fully saturated rings. The molecule has 0 spiro atoms. The van der Waals surface area contributed by atoms with Gasteiger partial charge in [-0.3, -0.25) is 4.72 Å². The number of aromatic nitrogens is 1. The fourth-order valence-electron chi connectivity index (χ4n) is 4.50. The first-order valence-corrected chi connectivity index (χ1v) is 15.5. The lowest BCUT2D eigenvalue weighted by atomic mass is 10.1. The van der Waals surface area contributed by atoms with Crippen LogP contribution in [0.15, 0.2) is 83.9 Å². The van der Waals surface area contributed by atoms with Crippen LogP contribution in [0.5, 0.6) is 0 Å². The van der Waals surface area contributed by atoms with Crippen LogP contribution in [-0.4, -0.2) is 44.8 Å². The van der Waals surface area contributed by atoms with E-state index in [-0.39, 0.29) is 4.90 Å². The Morgan fingerprint density at radius 1 is 0.850 bits per heavy atom. The summed E-state index contributed by atoms with van der Waals surface area (Å²) in [5.41, 5.74) is 4.39. The second-order valence-electron chi connectivity index (χ2n) is 10.0. The SMILES string of the molecule is CCCCCCNCNc1ccc(S(=O)(=O)Nc2ccc(CCNCC(O)c3ccc4[nH]ccc4c3)cc2)cc1. The minimum atomic E-state index is -3.68. The standard InChI is InChI=1S/C31H41N5O3S/c1-2-3-4-5-18-33-23-35-27-11-13-29(14-12-27)40(38,39)36-28-9-6-24(7-10-28)16-19-32-22-31(37)26-8-15-30-25(21-26)17-20-34-30/h6-15,17,20-21,31-37H,2-5,16,18-19,22-23H2,1H3. The molecule has 0 saturated heterocycles. The quantitative estimate of drug-likeness (QED) is 0.0759. The maximum absolute atomic E-state index is 12.9. The maximum Gasteiger partial charge on any atom is 0.261 e. The van der Waals surface area contributed by atoms with E-state index in [4.69, 9.17) is 0 Å². The molecule has 0 aliphatic heterocycles. The second kappa shape index (κ2) is 14.9. The topological polar surface area (TPSA) is 118 Å². The zero-order chi connectivity index (χ0) is 28.2. The van der Waals surface area contributed by atoms with Crippen molar-refractivity contribution in [3.8, 4) is 0 Å². The molecule has 4 aromatic rings. The molecular formula is C31H41N5O3S. The molecule has 0 radical (unpaired) electrons. The first kappa shape index (κ1) is 29.6. The minimum Gasteiger partial charge on any atom is -0.387 e. The van der Waals surface area contributed by atoms with Crippen LogP contribution in [0.2, 0.25) is 0 Å². The average molecular weight is 564 g/mol. The number of benzene rings is 3. The number of aliphatic hydroxyl groups excluding tert-OH is 1. The zero-order valence-corrected chi connectivity index (χ0v) is 23.9. The minimum absolute atomic E-state index is 0.216. The van der Waals surface area contributed by atoms with Crippen LogP contribution in [-0.2, 0) is 16.4 Å². The number of anilines is 2. The zero-order valence-electron chi connectivity index (χ0n) is 23.1. The van der Waals surface area contributed by atoms with Gasteiger partial charge in [0.15, 0.2) is 0 Å². The summed E-state index contributed by atoms with van der Waals surface area (Å²) in [5.74, 6) is 0. The van der Waals surface area contributed by atoms with E-state index in [1.165, 1.54) is 19.3 Å². The van der Waals surface area contributed by atoms with Gasteiger partial charge in [-0.2, -0.15) is 0 Å². The number of aromatic amines is 1. The summed E-state index contributed by atoms with van der Waals surface area (Å²) >= 11 is 0. The van der Waals surface area contributed by atoms with Gasteiger partial charge in [0.05, 0.1) is 17.7 Å². The van der Waals surface area contributed by atoms with Crippen molar-refractivity contribution in [2.24, 2.45) is 0 Å². The highest BCUT2D eigenvalue weighted by Gasteiger charge is 2.14. The van der Waals surface area contributed by atoms with E-state index < -0.39 is 16.1 Å². The predicted octanol–water partition coefficient (Wildman–Crippen LogP) is 5.37. The van der Waals surface area contributed by atoms with Crippen molar-refractivity contribution in [3.05, 3.63) is 90.1 Å². The Labute approximate surface area is 237 Å². The molecule has 40 heavy (non-hydrogen) atoms. The second-order valence-corrected chi connectivity index (χ2v) is 11.7. The largest absolute Gasteiger partial charge is 0.387 e. The molecule has 8 nitrogen and oxygen atoms in total. The molecule has 1 unspecified atom stereocenters. The number of nitrogens with one attached hydrogen (secondary N) is 5. The third-order valence-electron chi connectivity index (χ3n) is 6.89. The van der Waals surface area contributed by atoms with Crippen LogP contribution in [0.1, 0.15) is 49.8 Å². The Morgan fingerprint density at radius 2 is 1.62 bits per heavy atom. The van der Waals surface area contributed by atoms with Gasteiger partial charge in [-0.25, -0.2) is 8.42 Å². The number of aliphatic hydroxyl groups is 1. The van der Waals surface area contributed by atoms with Crippen molar-refractivity contribution >= 4 is 32.3 Å². The molecule has 1 atom stereocenters. The molecule has 0 amide bonds.